The SMILES string of the molecule is CCN(CC)S(=O)(=O)c1ccc(C)c(C(=O)Nc2cccc(C(=O)N3CCOCC3)c2C)c1. The van der Waals surface area contributed by atoms with Crippen LogP contribution in [0.5, 0.6) is 0 Å². The molecule has 0 unspecified atom stereocenters. The molecule has 0 aromatic heterocycles. The molecule has 1 heterocycles. The molecular weight excluding hydrogens is 442 g/mol. The molecule has 1 aliphatic rings. The molecule has 0 bridgehead atoms. The molecule has 2 aromatic rings. The molecule has 2 amide bonds. The van der Waals surface area contributed by atoms with Crippen molar-refractivity contribution in [2.75, 3.05) is 44.7 Å². The summed E-state index contributed by atoms with van der Waals surface area (Å²) >= 11 is 0. The first-order valence-electron chi connectivity index (χ1n) is 11.1. The average Bonchev–Trinajstić information content (AvgIpc) is 2.81. The highest BCUT2D eigenvalue weighted by molar-refractivity contribution is 7.89. The Morgan fingerprint density at radius 2 is 1.70 bits per heavy atom. The minimum Gasteiger partial charge on any atom is -0.378 e. The van der Waals surface area contributed by atoms with Crippen LogP contribution >= 0.6 is 0 Å². The number of rotatable bonds is 7. The zero-order chi connectivity index (χ0) is 24.2. The van der Waals surface area contributed by atoms with Crippen LogP contribution in [0.4, 0.5) is 5.69 Å². The molecule has 1 N–H and O–H groups in total. The van der Waals surface area contributed by atoms with Gasteiger partial charge < -0.3 is 15.0 Å². The molecular formula is C24H31N3O5S. The maximum absolute atomic E-state index is 13.1. The second-order valence-corrected chi connectivity index (χ2v) is 9.84. The van der Waals surface area contributed by atoms with E-state index >= 15 is 0 Å². The minimum absolute atomic E-state index is 0.0786. The number of carbonyl (C=O) groups is 2. The lowest BCUT2D eigenvalue weighted by Crippen LogP contribution is -2.41. The lowest BCUT2D eigenvalue weighted by molar-refractivity contribution is 0.0302. The second-order valence-electron chi connectivity index (χ2n) is 7.90. The van der Waals surface area contributed by atoms with Crippen LogP contribution in [0.3, 0.4) is 0 Å². The molecule has 178 valence electrons. The molecule has 1 saturated heterocycles. The zero-order valence-corrected chi connectivity index (χ0v) is 20.4. The van der Waals surface area contributed by atoms with E-state index in [1.807, 2.05) is 0 Å². The van der Waals surface area contributed by atoms with Crippen LogP contribution in [0.2, 0.25) is 0 Å². The summed E-state index contributed by atoms with van der Waals surface area (Å²) in [6.07, 6.45) is 0. The van der Waals surface area contributed by atoms with Gasteiger partial charge in [-0.1, -0.05) is 26.0 Å². The van der Waals surface area contributed by atoms with Gasteiger partial charge in [0.2, 0.25) is 10.0 Å². The second kappa shape index (κ2) is 10.5. The van der Waals surface area contributed by atoms with Crippen molar-refractivity contribution in [3.8, 4) is 0 Å². The first-order chi connectivity index (χ1) is 15.7. The van der Waals surface area contributed by atoms with Gasteiger partial charge in [0.1, 0.15) is 0 Å². The topological polar surface area (TPSA) is 96.0 Å². The van der Waals surface area contributed by atoms with Crippen LogP contribution in [0.1, 0.15) is 45.7 Å². The van der Waals surface area contributed by atoms with Gasteiger partial charge in [0.25, 0.3) is 11.8 Å². The van der Waals surface area contributed by atoms with E-state index in [0.29, 0.717) is 61.8 Å². The molecule has 0 aliphatic carbocycles. The highest BCUT2D eigenvalue weighted by atomic mass is 32.2. The van der Waals surface area contributed by atoms with E-state index in [2.05, 4.69) is 5.32 Å². The summed E-state index contributed by atoms with van der Waals surface area (Å²) in [5, 5.41) is 2.86. The first kappa shape index (κ1) is 24.9. The molecule has 33 heavy (non-hydrogen) atoms. The third kappa shape index (κ3) is 5.26. The Hall–Kier alpha value is -2.75. The normalized spacial score (nSPS) is 14.4. The highest BCUT2D eigenvalue weighted by Crippen LogP contribution is 2.24. The smallest absolute Gasteiger partial charge is 0.255 e. The fraction of sp³-hybridized carbons (Fsp3) is 0.417. The summed E-state index contributed by atoms with van der Waals surface area (Å²) in [4.78, 5) is 27.9. The number of carbonyl (C=O) groups excluding carboxylic acids is 2. The molecule has 0 saturated carbocycles. The number of nitrogens with one attached hydrogen (secondary N) is 1. The van der Waals surface area contributed by atoms with Crippen LogP contribution in [0.25, 0.3) is 0 Å². The molecule has 3 rings (SSSR count). The maximum atomic E-state index is 13.1. The van der Waals surface area contributed by atoms with E-state index in [0.717, 1.165) is 0 Å². The number of morpholine rings is 1. The van der Waals surface area contributed by atoms with Gasteiger partial charge in [0.05, 0.1) is 18.1 Å². The minimum atomic E-state index is -3.69. The van der Waals surface area contributed by atoms with E-state index in [9.17, 15) is 18.0 Å². The summed E-state index contributed by atoms with van der Waals surface area (Å²) < 4.78 is 32.5. The Bertz CT molecular complexity index is 1140. The van der Waals surface area contributed by atoms with Gasteiger partial charge in [-0.3, -0.25) is 9.59 Å². The van der Waals surface area contributed by atoms with Crippen molar-refractivity contribution in [1.29, 1.82) is 0 Å². The summed E-state index contributed by atoms with van der Waals surface area (Å²) in [6.45, 7) is 9.86. The van der Waals surface area contributed by atoms with Gasteiger partial charge in [0, 0.05) is 43.0 Å². The van der Waals surface area contributed by atoms with E-state index in [1.54, 1.807) is 56.9 Å². The summed E-state index contributed by atoms with van der Waals surface area (Å²) in [5.74, 6) is -0.529. The van der Waals surface area contributed by atoms with Crippen LogP contribution in [0.15, 0.2) is 41.3 Å². The molecule has 0 radical (unpaired) electrons. The summed E-state index contributed by atoms with van der Waals surface area (Å²) in [5.41, 5.74) is 2.61. The largest absolute Gasteiger partial charge is 0.378 e. The van der Waals surface area contributed by atoms with Gasteiger partial charge in [-0.25, -0.2) is 8.42 Å². The Balaban J connectivity index is 1.88. The van der Waals surface area contributed by atoms with E-state index in [-0.39, 0.29) is 16.4 Å². The number of amides is 2. The Morgan fingerprint density at radius 3 is 2.33 bits per heavy atom. The van der Waals surface area contributed by atoms with Crippen LogP contribution in [-0.4, -0.2) is 68.8 Å². The molecule has 1 aliphatic heterocycles. The molecule has 8 nitrogen and oxygen atoms in total. The Labute approximate surface area is 195 Å². The average molecular weight is 474 g/mol. The summed E-state index contributed by atoms with van der Waals surface area (Å²) in [7, 11) is -3.69. The quantitative estimate of drug-likeness (QED) is 0.667. The molecule has 0 atom stereocenters. The van der Waals surface area contributed by atoms with Gasteiger partial charge in [-0.05, 0) is 49.2 Å². The predicted molar refractivity (Wildman–Crippen MR) is 127 cm³/mol. The number of benzene rings is 2. The van der Waals surface area contributed by atoms with Gasteiger partial charge >= 0.3 is 0 Å². The number of aryl methyl sites for hydroxylation is 1. The van der Waals surface area contributed by atoms with Crippen molar-refractivity contribution < 1.29 is 22.7 Å². The van der Waals surface area contributed by atoms with Crippen molar-refractivity contribution in [2.45, 2.75) is 32.6 Å². The lowest BCUT2D eigenvalue weighted by atomic mass is 10.0. The first-order valence-corrected chi connectivity index (χ1v) is 12.5. The van der Waals surface area contributed by atoms with Crippen molar-refractivity contribution in [3.63, 3.8) is 0 Å². The van der Waals surface area contributed by atoms with E-state index in [4.69, 9.17) is 4.74 Å². The number of ether oxygens (including phenoxy) is 1. The number of hydrogen-bond donors (Lipinski definition) is 1. The van der Waals surface area contributed by atoms with Gasteiger partial charge in [-0.2, -0.15) is 4.31 Å². The summed E-state index contributed by atoms with van der Waals surface area (Å²) in [6, 6.07) is 9.77. The van der Waals surface area contributed by atoms with E-state index in [1.165, 1.54) is 16.4 Å². The highest BCUT2D eigenvalue weighted by Gasteiger charge is 2.25. The van der Waals surface area contributed by atoms with Crippen LogP contribution in [-0.2, 0) is 14.8 Å². The third-order valence-corrected chi connectivity index (χ3v) is 7.95. The number of hydrogen-bond acceptors (Lipinski definition) is 5. The number of anilines is 1. The third-order valence-electron chi connectivity index (χ3n) is 5.91. The zero-order valence-electron chi connectivity index (χ0n) is 19.6. The predicted octanol–water partition coefficient (Wildman–Crippen LogP) is 3.06. The maximum Gasteiger partial charge on any atom is 0.255 e. The fourth-order valence-corrected chi connectivity index (χ4v) is 5.33. The number of sulfonamides is 1. The molecule has 9 heteroatoms. The van der Waals surface area contributed by atoms with Gasteiger partial charge in [-0.15, -0.1) is 0 Å². The lowest BCUT2D eigenvalue weighted by Gasteiger charge is -2.27. The molecule has 2 aromatic carbocycles. The Kier molecular flexibility index (Phi) is 7.88. The van der Waals surface area contributed by atoms with Crippen molar-refractivity contribution in [1.82, 2.24) is 9.21 Å². The van der Waals surface area contributed by atoms with Crippen molar-refractivity contribution in [2.24, 2.45) is 0 Å². The fourth-order valence-electron chi connectivity index (χ4n) is 3.85. The standard InChI is InChI=1S/C24H31N3O5S/c1-5-27(6-2)33(30,31)19-11-10-17(3)21(16-19)23(28)25-22-9-7-8-20(18(22)4)24(29)26-12-14-32-15-13-26/h7-11,16H,5-6,12-15H2,1-4H3,(H,25,28). The van der Waals surface area contributed by atoms with Crippen LogP contribution < -0.4 is 5.32 Å². The Morgan fingerprint density at radius 1 is 1.03 bits per heavy atom. The van der Waals surface area contributed by atoms with Gasteiger partial charge in [0.15, 0.2) is 0 Å². The van der Waals surface area contributed by atoms with Crippen molar-refractivity contribution in [3.05, 3.63) is 58.7 Å². The van der Waals surface area contributed by atoms with Crippen molar-refractivity contribution >= 4 is 27.5 Å². The monoisotopic (exact) mass is 473 g/mol. The van der Waals surface area contributed by atoms with Crippen LogP contribution in [0, 0.1) is 13.8 Å². The number of nitrogens with zero attached hydrogens (tertiary/aromatic N) is 2. The molecule has 1 fully saturated rings. The van der Waals surface area contributed by atoms with E-state index < -0.39 is 15.9 Å². The molecule has 0 spiro atoms.